The third-order valence-corrected chi connectivity index (χ3v) is 5.51. The van der Waals surface area contributed by atoms with E-state index in [0.717, 1.165) is 41.9 Å². The fourth-order valence-corrected chi connectivity index (χ4v) is 3.70. The van der Waals surface area contributed by atoms with Crippen LogP contribution in [0.5, 0.6) is 0 Å². The Balaban J connectivity index is 1.46. The number of piperazine rings is 1. The SMILES string of the molecule is CCc1ccccc1NC(=O)C[NH+]1CCN(C(=O)Cc2ccccc2C)CC1. The average molecular weight is 381 g/mol. The summed E-state index contributed by atoms with van der Waals surface area (Å²) in [5.41, 5.74) is 4.30. The molecule has 1 heterocycles. The fraction of sp³-hybridized carbons (Fsp3) is 0.391. The van der Waals surface area contributed by atoms with Crippen LogP contribution >= 0.6 is 0 Å². The van der Waals surface area contributed by atoms with Crippen LogP contribution in [0.1, 0.15) is 23.6 Å². The van der Waals surface area contributed by atoms with Crippen LogP contribution < -0.4 is 10.2 Å². The Morgan fingerprint density at radius 2 is 1.64 bits per heavy atom. The number of para-hydroxylation sites is 1. The lowest BCUT2D eigenvalue weighted by atomic mass is 10.1. The first-order valence-corrected chi connectivity index (χ1v) is 10.1. The molecular weight excluding hydrogens is 350 g/mol. The molecule has 5 heteroatoms. The molecule has 2 aromatic carbocycles. The summed E-state index contributed by atoms with van der Waals surface area (Å²) < 4.78 is 0. The first kappa shape index (κ1) is 20.1. The summed E-state index contributed by atoms with van der Waals surface area (Å²) in [7, 11) is 0. The van der Waals surface area contributed by atoms with Gasteiger partial charge in [-0.2, -0.15) is 0 Å². The third-order valence-electron chi connectivity index (χ3n) is 5.51. The van der Waals surface area contributed by atoms with E-state index in [-0.39, 0.29) is 11.8 Å². The zero-order valence-electron chi connectivity index (χ0n) is 16.8. The number of rotatable bonds is 6. The van der Waals surface area contributed by atoms with Crippen LogP contribution in [0.15, 0.2) is 48.5 Å². The Labute approximate surface area is 167 Å². The molecule has 2 N–H and O–H groups in total. The number of hydrogen-bond donors (Lipinski definition) is 2. The molecule has 1 aliphatic heterocycles. The van der Waals surface area contributed by atoms with Gasteiger partial charge in [0.2, 0.25) is 5.91 Å². The van der Waals surface area contributed by atoms with Crippen molar-refractivity contribution >= 4 is 17.5 Å². The molecule has 0 aliphatic carbocycles. The van der Waals surface area contributed by atoms with Crippen molar-refractivity contribution < 1.29 is 14.5 Å². The molecular formula is C23H30N3O2+. The minimum Gasteiger partial charge on any atom is -0.331 e. The second kappa shape index (κ2) is 9.51. The van der Waals surface area contributed by atoms with E-state index in [1.807, 2.05) is 60.4 Å². The third kappa shape index (κ3) is 5.20. The van der Waals surface area contributed by atoms with Crippen LogP contribution in [-0.2, 0) is 22.4 Å². The minimum atomic E-state index is 0.0376. The van der Waals surface area contributed by atoms with Crippen molar-refractivity contribution in [2.75, 3.05) is 38.0 Å². The number of nitrogens with zero attached hydrogens (tertiary/aromatic N) is 1. The number of anilines is 1. The molecule has 0 unspecified atom stereocenters. The van der Waals surface area contributed by atoms with Gasteiger partial charge >= 0.3 is 0 Å². The zero-order chi connectivity index (χ0) is 19.9. The normalized spacial score (nSPS) is 14.7. The van der Waals surface area contributed by atoms with E-state index in [4.69, 9.17) is 0 Å². The van der Waals surface area contributed by atoms with E-state index < -0.39 is 0 Å². The van der Waals surface area contributed by atoms with Gasteiger partial charge in [0, 0.05) is 5.69 Å². The second-order valence-electron chi connectivity index (χ2n) is 7.47. The summed E-state index contributed by atoms with van der Waals surface area (Å²) in [5.74, 6) is 0.213. The lowest BCUT2D eigenvalue weighted by molar-refractivity contribution is -0.895. The monoisotopic (exact) mass is 380 g/mol. The van der Waals surface area contributed by atoms with Gasteiger partial charge in [-0.3, -0.25) is 9.59 Å². The summed E-state index contributed by atoms with van der Waals surface area (Å²) in [6.07, 6.45) is 1.35. The molecule has 0 radical (unpaired) electrons. The molecule has 28 heavy (non-hydrogen) atoms. The van der Waals surface area contributed by atoms with Crippen molar-refractivity contribution in [2.45, 2.75) is 26.7 Å². The number of nitrogens with one attached hydrogen (secondary N) is 2. The van der Waals surface area contributed by atoms with Gasteiger partial charge in [0.25, 0.3) is 5.91 Å². The zero-order valence-corrected chi connectivity index (χ0v) is 16.8. The molecule has 1 aliphatic rings. The average Bonchev–Trinajstić information content (AvgIpc) is 2.70. The van der Waals surface area contributed by atoms with Gasteiger partial charge in [0.1, 0.15) is 0 Å². The molecule has 1 fully saturated rings. The van der Waals surface area contributed by atoms with Gasteiger partial charge in [0.05, 0.1) is 32.6 Å². The Morgan fingerprint density at radius 3 is 2.32 bits per heavy atom. The van der Waals surface area contributed by atoms with Gasteiger partial charge in [-0.05, 0) is 36.1 Å². The van der Waals surface area contributed by atoms with Crippen LogP contribution in [0, 0.1) is 6.92 Å². The van der Waals surface area contributed by atoms with Gasteiger partial charge < -0.3 is 15.1 Å². The molecule has 1 saturated heterocycles. The maximum Gasteiger partial charge on any atom is 0.279 e. The molecule has 0 bridgehead atoms. The molecule has 0 aromatic heterocycles. The predicted octanol–water partition coefficient (Wildman–Crippen LogP) is 1.47. The first-order chi connectivity index (χ1) is 13.6. The van der Waals surface area contributed by atoms with E-state index in [2.05, 4.69) is 12.2 Å². The molecule has 0 atom stereocenters. The topological polar surface area (TPSA) is 53.9 Å². The fourth-order valence-electron chi connectivity index (χ4n) is 3.70. The Kier molecular flexibility index (Phi) is 6.82. The highest BCUT2D eigenvalue weighted by Crippen LogP contribution is 2.15. The maximum atomic E-state index is 12.6. The van der Waals surface area contributed by atoms with Crippen molar-refractivity contribution in [3.05, 3.63) is 65.2 Å². The summed E-state index contributed by atoms with van der Waals surface area (Å²) in [5, 5.41) is 3.04. The van der Waals surface area contributed by atoms with Gasteiger partial charge in [-0.25, -0.2) is 0 Å². The van der Waals surface area contributed by atoms with E-state index in [1.165, 1.54) is 4.90 Å². The van der Waals surface area contributed by atoms with Gasteiger partial charge in [-0.15, -0.1) is 0 Å². The van der Waals surface area contributed by atoms with Crippen LogP contribution in [0.2, 0.25) is 0 Å². The van der Waals surface area contributed by atoms with E-state index in [1.54, 1.807) is 0 Å². The number of carbonyl (C=O) groups is 2. The van der Waals surface area contributed by atoms with E-state index in [0.29, 0.717) is 26.1 Å². The lowest BCUT2D eigenvalue weighted by Gasteiger charge is -2.32. The highest BCUT2D eigenvalue weighted by atomic mass is 16.2. The van der Waals surface area contributed by atoms with Gasteiger partial charge in [-0.1, -0.05) is 49.4 Å². The van der Waals surface area contributed by atoms with Crippen molar-refractivity contribution in [2.24, 2.45) is 0 Å². The highest BCUT2D eigenvalue weighted by molar-refractivity contribution is 5.92. The molecule has 3 rings (SSSR count). The van der Waals surface area contributed by atoms with Crippen molar-refractivity contribution in [3.63, 3.8) is 0 Å². The molecule has 0 saturated carbocycles. The smallest absolute Gasteiger partial charge is 0.279 e. The second-order valence-corrected chi connectivity index (χ2v) is 7.47. The quantitative estimate of drug-likeness (QED) is 0.797. The maximum absolute atomic E-state index is 12.6. The summed E-state index contributed by atoms with van der Waals surface area (Å²) in [4.78, 5) is 28.2. The Hall–Kier alpha value is -2.66. The Bertz CT molecular complexity index is 826. The van der Waals surface area contributed by atoms with Crippen molar-refractivity contribution in [1.29, 1.82) is 0 Å². The highest BCUT2D eigenvalue weighted by Gasteiger charge is 2.25. The predicted molar refractivity (Wildman–Crippen MR) is 111 cm³/mol. The number of quaternary nitrogens is 1. The van der Waals surface area contributed by atoms with E-state index in [9.17, 15) is 9.59 Å². The van der Waals surface area contributed by atoms with Crippen LogP contribution in [0.3, 0.4) is 0 Å². The number of hydrogen-bond acceptors (Lipinski definition) is 2. The van der Waals surface area contributed by atoms with Crippen molar-refractivity contribution in [3.8, 4) is 0 Å². The summed E-state index contributed by atoms with van der Waals surface area (Å²) in [6, 6.07) is 16.0. The number of amides is 2. The van der Waals surface area contributed by atoms with Crippen LogP contribution in [0.4, 0.5) is 5.69 Å². The standard InChI is InChI=1S/C23H29N3O2/c1-3-19-9-6-7-11-21(19)24-22(27)17-25-12-14-26(15-13-25)23(28)16-20-10-5-4-8-18(20)2/h4-11H,3,12-17H2,1-2H3,(H,24,27)/p+1. The Morgan fingerprint density at radius 1 is 1.00 bits per heavy atom. The summed E-state index contributed by atoms with van der Waals surface area (Å²) >= 11 is 0. The molecule has 148 valence electrons. The van der Waals surface area contributed by atoms with Crippen molar-refractivity contribution in [1.82, 2.24) is 4.90 Å². The number of carbonyl (C=O) groups excluding carboxylic acids is 2. The van der Waals surface area contributed by atoms with Gasteiger partial charge in [0.15, 0.2) is 6.54 Å². The van der Waals surface area contributed by atoms with E-state index >= 15 is 0 Å². The largest absolute Gasteiger partial charge is 0.331 e. The summed E-state index contributed by atoms with van der Waals surface area (Å²) in [6.45, 7) is 7.60. The number of benzene rings is 2. The number of aryl methyl sites for hydroxylation is 2. The molecule has 5 nitrogen and oxygen atoms in total. The molecule has 0 spiro atoms. The van der Waals surface area contributed by atoms with Crippen LogP contribution in [0.25, 0.3) is 0 Å². The first-order valence-electron chi connectivity index (χ1n) is 10.1. The van der Waals surface area contributed by atoms with Crippen LogP contribution in [-0.4, -0.2) is 49.4 Å². The minimum absolute atomic E-state index is 0.0376. The lowest BCUT2D eigenvalue weighted by Crippen LogP contribution is -3.15. The molecule has 2 aromatic rings. The molecule has 2 amide bonds.